The lowest BCUT2D eigenvalue weighted by Gasteiger charge is -2.29. The second-order valence-electron chi connectivity index (χ2n) is 4.41. The predicted molar refractivity (Wildman–Crippen MR) is 77.4 cm³/mol. The molecule has 0 fully saturated rings. The Morgan fingerprint density at radius 1 is 1.23 bits per heavy atom. The van der Waals surface area contributed by atoms with Crippen LogP contribution < -0.4 is 9.46 Å². The highest BCUT2D eigenvalue weighted by molar-refractivity contribution is 7.94. The van der Waals surface area contributed by atoms with Gasteiger partial charge in [-0.2, -0.15) is 0 Å². The van der Waals surface area contributed by atoms with Crippen molar-refractivity contribution < 1.29 is 26.3 Å². The topological polar surface area (TPSA) is 55.4 Å². The van der Waals surface area contributed by atoms with Crippen molar-refractivity contribution in [3.8, 4) is 5.75 Å². The zero-order valence-electron chi connectivity index (χ0n) is 11.2. The number of sulfonamides is 1. The second-order valence-corrected chi connectivity index (χ2v) is 6.65. The summed E-state index contributed by atoms with van der Waals surface area (Å²) in [5.41, 5.74) is -0.0514. The number of anilines is 1. The predicted octanol–water partition coefficient (Wildman–Crippen LogP) is 3.43. The molecule has 2 rings (SSSR count). The summed E-state index contributed by atoms with van der Waals surface area (Å²) in [6.07, 6.45) is 0.967. The van der Waals surface area contributed by atoms with Gasteiger partial charge in [0.1, 0.15) is 17.0 Å². The highest BCUT2D eigenvalue weighted by Gasteiger charge is 2.58. The Morgan fingerprint density at radius 2 is 1.82 bits per heavy atom. The molecule has 1 aromatic rings. The fourth-order valence-corrected chi connectivity index (χ4v) is 3.64. The maximum Gasteiger partial charge on any atom is 0.302 e. The van der Waals surface area contributed by atoms with Crippen molar-refractivity contribution in [3.05, 3.63) is 48.1 Å². The molecule has 1 aromatic carbocycles. The van der Waals surface area contributed by atoms with Crippen LogP contribution in [0.25, 0.3) is 0 Å². The zero-order valence-corrected chi connectivity index (χ0v) is 12.8. The van der Waals surface area contributed by atoms with Crippen molar-refractivity contribution in [1.29, 1.82) is 0 Å². The minimum atomic E-state index is -5.00. The Bertz CT molecular complexity index is 733. The SMILES string of the molecule is COc1ccc(NS(=O)(=O)C2(F)C(F)=CC=C(F)C2Cl)cc1. The van der Waals surface area contributed by atoms with Gasteiger partial charge in [-0.3, -0.25) is 4.72 Å². The van der Waals surface area contributed by atoms with E-state index in [-0.39, 0.29) is 5.69 Å². The third-order valence-electron chi connectivity index (χ3n) is 3.02. The minimum Gasteiger partial charge on any atom is -0.497 e. The molecule has 2 unspecified atom stereocenters. The maximum atomic E-state index is 14.7. The third-order valence-corrected chi connectivity index (χ3v) is 5.37. The number of halogens is 4. The Hall–Kier alpha value is -1.67. The molecular weight excluding hydrogens is 343 g/mol. The van der Waals surface area contributed by atoms with E-state index in [1.54, 1.807) is 0 Å². The van der Waals surface area contributed by atoms with Crippen LogP contribution in [0.5, 0.6) is 5.75 Å². The van der Waals surface area contributed by atoms with Gasteiger partial charge < -0.3 is 4.74 Å². The molecule has 1 aliphatic rings. The van der Waals surface area contributed by atoms with Gasteiger partial charge in [-0.15, -0.1) is 11.6 Å². The van der Waals surface area contributed by atoms with Gasteiger partial charge in [-0.05, 0) is 36.4 Å². The monoisotopic (exact) mass is 353 g/mol. The number of hydrogen-bond donors (Lipinski definition) is 1. The molecule has 0 bridgehead atoms. The number of rotatable bonds is 4. The van der Waals surface area contributed by atoms with Crippen molar-refractivity contribution >= 4 is 27.3 Å². The molecule has 0 saturated carbocycles. The van der Waals surface area contributed by atoms with Crippen molar-refractivity contribution in [3.63, 3.8) is 0 Å². The summed E-state index contributed by atoms with van der Waals surface area (Å²) < 4.78 is 72.8. The molecule has 22 heavy (non-hydrogen) atoms. The van der Waals surface area contributed by atoms with E-state index in [0.717, 1.165) is 0 Å². The third kappa shape index (κ3) is 2.68. The highest BCUT2D eigenvalue weighted by atomic mass is 35.5. The first-order valence-electron chi connectivity index (χ1n) is 5.95. The summed E-state index contributed by atoms with van der Waals surface area (Å²) >= 11 is 5.43. The van der Waals surface area contributed by atoms with Gasteiger partial charge >= 0.3 is 5.00 Å². The number of allylic oxidation sites excluding steroid dienone is 3. The molecule has 0 aromatic heterocycles. The number of hydrogen-bond acceptors (Lipinski definition) is 3. The van der Waals surface area contributed by atoms with Crippen LogP contribution in [0.2, 0.25) is 0 Å². The summed E-state index contributed by atoms with van der Waals surface area (Å²) in [7, 11) is -3.59. The van der Waals surface area contributed by atoms with Crippen LogP contribution in [0.1, 0.15) is 0 Å². The van der Waals surface area contributed by atoms with Crippen molar-refractivity contribution in [2.24, 2.45) is 0 Å². The number of benzene rings is 1. The van der Waals surface area contributed by atoms with E-state index in [1.165, 1.54) is 31.4 Å². The Morgan fingerprint density at radius 3 is 2.36 bits per heavy atom. The van der Waals surface area contributed by atoms with Crippen LogP contribution in [0.3, 0.4) is 0 Å². The first kappa shape index (κ1) is 16.7. The molecule has 0 spiro atoms. The molecule has 0 aliphatic heterocycles. The minimum absolute atomic E-state index is 0.0514. The number of nitrogens with one attached hydrogen (secondary N) is 1. The van der Waals surface area contributed by atoms with Crippen LogP contribution in [-0.4, -0.2) is 25.9 Å². The zero-order chi connectivity index (χ0) is 16.5. The van der Waals surface area contributed by atoms with E-state index in [9.17, 15) is 21.6 Å². The van der Waals surface area contributed by atoms with Gasteiger partial charge in [0.15, 0.2) is 5.83 Å². The summed E-state index contributed by atoms with van der Waals surface area (Å²) in [4.78, 5) is 0. The van der Waals surface area contributed by atoms with E-state index in [0.29, 0.717) is 17.9 Å². The van der Waals surface area contributed by atoms with Gasteiger partial charge in [-0.1, -0.05) is 0 Å². The van der Waals surface area contributed by atoms with E-state index >= 15 is 0 Å². The average molecular weight is 354 g/mol. The molecule has 0 heterocycles. The summed E-state index contributed by atoms with van der Waals surface area (Å²) in [5, 5.41) is -6.07. The van der Waals surface area contributed by atoms with Gasteiger partial charge in [0.25, 0.3) is 10.0 Å². The summed E-state index contributed by atoms with van der Waals surface area (Å²) in [5.74, 6) is -2.55. The quantitative estimate of drug-likeness (QED) is 0.844. The van der Waals surface area contributed by atoms with Gasteiger partial charge in [-0.25, -0.2) is 21.6 Å². The average Bonchev–Trinajstić information content (AvgIpc) is 2.49. The molecule has 120 valence electrons. The maximum absolute atomic E-state index is 14.7. The highest BCUT2D eigenvalue weighted by Crippen LogP contribution is 2.43. The van der Waals surface area contributed by atoms with E-state index in [2.05, 4.69) is 0 Å². The van der Waals surface area contributed by atoms with Crippen LogP contribution in [0.4, 0.5) is 18.9 Å². The lowest BCUT2D eigenvalue weighted by Crippen LogP contribution is -2.48. The van der Waals surface area contributed by atoms with E-state index in [4.69, 9.17) is 16.3 Å². The molecule has 1 N–H and O–H groups in total. The molecule has 9 heteroatoms. The van der Waals surface area contributed by atoms with Crippen molar-refractivity contribution in [1.82, 2.24) is 0 Å². The van der Waals surface area contributed by atoms with Crippen LogP contribution >= 0.6 is 11.6 Å². The largest absolute Gasteiger partial charge is 0.497 e. The lowest BCUT2D eigenvalue weighted by molar-refractivity contribution is 0.254. The molecule has 0 amide bonds. The normalized spacial score (nSPS) is 25.2. The fourth-order valence-electron chi connectivity index (χ4n) is 1.80. The fraction of sp³-hybridized carbons (Fsp3) is 0.231. The Labute approximate surface area is 130 Å². The Kier molecular flexibility index (Phi) is 4.44. The molecule has 2 atom stereocenters. The first-order valence-corrected chi connectivity index (χ1v) is 7.87. The molecule has 0 radical (unpaired) electrons. The molecular formula is C13H11ClF3NO3S. The van der Waals surface area contributed by atoms with E-state index in [1.807, 2.05) is 4.72 Å². The van der Waals surface area contributed by atoms with Crippen molar-refractivity contribution in [2.75, 3.05) is 11.8 Å². The van der Waals surface area contributed by atoms with Gasteiger partial charge in [0.2, 0.25) is 0 Å². The summed E-state index contributed by atoms with van der Waals surface area (Å²) in [6.45, 7) is 0. The van der Waals surface area contributed by atoms with Crippen molar-refractivity contribution in [2.45, 2.75) is 10.4 Å². The smallest absolute Gasteiger partial charge is 0.302 e. The van der Waals surface area contributed by atoms with Crippen LogP contribution in [0, 0.1) is 0 Å². The summed E-state index contributed by atoms with van der Waals surface area (Å²) in [6, 6.07) is 5.38. The second kappa shape index (κ2) is 5.85. The molecule has 0 saturated heterocycles. The van der Waals surface area contributed by atoms with Crippen LogP contribution in [0.15, 0.2) is 48.1 Å². The first-order chi connectivity index (χ1) is 10.2. The molecule has 4 nitrogen and oxygen atoms in total. The van der Waals surface area contributed by atoms with Gasteiger partial charge in [0.05, 0.1) is 7.11 Å². The Balaban J connectivity index is 2.36. The number of methoxy groups -OCH3 is 1. The van der Waals surface area contributed by atoms with E-state index < -0.39 is 32.1 Å². The standard InChI is InChI=1S/C13H11ClF3NO3S/c1-21-9-4-2-8(3-5-9)18-22(19,20)13(17)11(16)7-6-10(15)12(13)14/h2-7,12,18H,1H3. The van der Waals surface area contributed by atoms with Gasteiger partial charge in [0, 0.05) is 5.69 Å². The lowest BCUT2D eigenvalue weighted by atomic mass is 10.1. The number of alkyl halides is 2. The van der Waals surface area contributed by atoms with Crippen LogP contribution in [-0.2, 0) is 10.0 Å². The molecule has 1 aliphatic carbocycles. The number of ether oxygens (including phenoxy) is 1.